The van der Waals surface area contributed by atoms with Crippen LogP contribution in [-0.4, -0.2) is 12.1 Å². The minimum absolute atomic E-state index is 0. The van der Waals surface area contributed by atoms with E-state index in [0.717, 1.165) is 24.9 Å². The average Bonchev–Trinajstić information content (AvgIpc) is 2.27. The quantitative estimate of drug-likeness (QED) is 0.868. The first-order valence-electron chi connectivity index (χ1n) is 5.96. The van der Waals surface area contributed by atoms with Gasteiger partial charge in [0.25, 0.3) is 6.43 Å². The van der Waals surface area contributed by atoms with Gasteiger partial charge >= 0.3 is 0 Å². The van der Waals surface area contributed by atoms with Crippen LogP contribution in [0.5, 0.6) is 0 Å². The lowest BCUT2D eigenvalue weighted by Gasteiger charge is -2.38. The van der Waals surface area contributed by atoms with E-state index in [1.54, 1.807) is 12.1 Å². The Bertz CT molecular complexity index is 364. The third-order valence-electron chi connectivity index (χ3n) is 3.39. The van der Waals surface area contributed by atoms with Gasteiger partial charge in [-0.3, -0.25) is 0 Å². The standard InChI is InChI=1S/C13H18F2N2.ClH/c14-12(15)11-4-2-10(3-5-11)8-17-9-13(16)6-1-7-13;/h2-5,12,17H,1,6-9,16H2;1H. The van der Waals surface area contributed by atoms with Crippen LogP contribution >= 0.6 is 12.4 Å². The van der Waals surface area contributed by atoms with Gasteiger partial charge in [-0.05, 0) is 24.8 Å². The Morgan fingerprint density at radius 2 is 1.83 bits per heavy atom. The molecule has 2 rings (SSSR count). The van der Waals surface area contributed by atoms with E-state index in [1.807, 2.05) is 0 Å². The molecule has 0 atom stereocenters. The molecule has 0 aromatic heterocycles. The molecule has 0 radical (unpaired) electrons. The van der Waals surface area contributed by atoms with Gasteiger partial charge in [-0.2, -0.15) is 0 Å². The summed E-state index contributed by atoms with van der Waals surface area (Å²) in [7, 11) is 0. The molecule has 1 aromatic carbocycles. The van der Waals surface area contributed by atoms with Gasteiger partial charge in [0.15, 0.2) is 0 Å². The summed E-state index contributed by atoms with van der Waals surface area (Å²) < 4.78 is 24.7. The third-order valence-corrected chi connectivity index (χ3v) is 3.39. The van der Waals surface area contributed by atoms with Crippen molar-refractivity contribution in [3.63, 3.8) is 0 Å². The van der Waals surface area contributed by atoms with Crippen LogP contribution in [0.2, 0.25) is 0 Å². The highest BCUT2D eigenvalue weighted by atomic mass is 35.5. The van der Waals surface area contributed by atoms with Gasteiger partial charge in [0.05, 0.1) is 0 Å². The highest BCUT2D eigenvalue weighted by Crippen LogP contribution is 2.28. The Balaban J connectivity index is 0.00000162. The maximum atomic E-state index is 12.3. The van der Waals surface area contributed by atoms with Crippen molar-refractivity contribution >= 4 is 12.4 Å². The van der Waals surface area contributed by atoms with Crippen LogP contribution in [-0.2, 0) is 6.54 Å². The smallest absolute Gasteiger partial charge is 0.263 e. The summed E-state index contributed by atoms with van der Waals surface area (Å²) in [5.41, 5.74) is 7.11. The molecule has 0 saturated heterocycles. The van der Waals surface area contributed by atoms with Gasteiger partial charge in [0.2, 0.25) is 0 Å². The molecular weight excluding hydrogens is 258 g/mol. The summed E-state index contributed by atoms with van der Waals surface area (Å²) in [6.07, 6.45) is 0.968. The number of benzene rings is 1. The van der Waals surface area contributed by atoms with Gasteiger partial charge in [0.1, 0.15) is 0 Å². The second-order valence-electron chi connectivity index (χ2n) is 4.86. The Morgan fingerprint density at radius 1 is 1.22 bits per heavy atom. The predicted octanol–water partition coefficient (Wildman–Crippen LogP) is 3.02. The first kappa shape index (κ1) is 15.3. The summed E-state index contributed by atoms with van der Waals surface area (Å²) in [6.45, 7) is 1.48. The molecule has 1 aliphatic carbocycles. The topological polar surface area (TPSA) is 38.0 Å². The normalized spacial score (nSPS) is 17.1. The molecule has 3 N–H and O–H groups in total. The Labute approximate surface area is 112 Å². The number of hydrogen-bond acceptors (Lipinski definition) is 2. The molecule has 0 spiro atoms. The Hall–Kier alpha value is -0.710. The summed E-state index contributed by atoms with van der Waals surface area (Å²) in [4.78, 5) is 0. The first-order valence-corrected chi connectivity index (χ1v) is 5.96. The molecule has 102 valence electrons. The van der Waals surface area contributed by atoms with E-state index >= 15 is 0 Å². The number of halogens is 3. The van der Waals surface area contributed by atoms with Crippen LogP contribution in [0.15, 0.2) is 24.3 Å². The zero-order chi connectivity index (χ0) is 12.3. The molecule has 0 bridgehead atoms. The minimum Gasteiger partial charge on any atom is -0.324 e. The van der Waals surface area contributed by atoms with E-state index in [9.17, 15) is 8.78 Å². The fourth-order valence-electron chi connectivity index (χ4n) is 2.04. The summed E-state index contributed by atoms with van der Waals surface area (Å²) in [6, 6.07) is 6.42. The van der Waals surface area contributed by atoms with Gasteiger partial charge in [-0.25, -0.2) is 8.78 Å². The molecule has 18 heavy (non-hydrogen) atoms. The molecule has 1 aromatic rings. The molecule has 0 aliphatic heterocycles. The molecular formula is C13H19ClF2N2. The van der Waals surface area contributed by atoms with Crippen molar-refractivity contribution < 1.29 is 8.78 Å². The maximum Gasteiger partial charge on any atom is 0.263 e. The van der Waals surface area contributed by atoms with Crippen molar-refractivity contribution in [3.05, 3.63) is 35.4 Å². The maximum absolute atomic E-state index is 12.3. The van der Waals surface area contributed by atoms with Gasteiger partial charge in [0, 0.05) is 24.2 Å². The van der Waals surface area contributed by atoms with Gasteiger partial charge in [-0.15, -0.1) is 12.4 Å². The van der Waals surface area contributed by atoms with Crippen LogP contribution in [0, 0.1) is 0 Å². The highest BCUT2D eigenvalue weighted by molar-refractivity contribution is 5.85. The molecule has 1 fully saturated rings. The fourth-order valence-corrected chi connectivity index (χ4v) is 2.04. The molecule has 0 unspecified atom stereocenters. The van der Waals surface area contributed by atoms with Crippen LogP contribution in [0.1, 0.15) is 36.8 Å². The van der Waals surface area contributed by atoms with Crippen LogP contribution in [0.4, 0.5) is 8.78 Å². The van der Waals surface area contributed by atoms with Crippen LogP contribution < -0.4 is 11.1 Å². The number of rotatable bonds is 5. The molecule has 1 saturated carbocycles. The molecule has 1 aliphatic rings. The molecule has 2 nitrogen and oxygen atoms in total. The number of nitrogens with one attached hydrogen (secondary N) is 1. The second-order valence-corrected chi connectivity index (χ2v) is 4.86. The van der Waals surface area contributed by atoms with E-state index in [2.05, 4.69) is 5.32 Å². The van der Waals surface area contributed by atoms with Crippen LogP contribution in [0.3, 0.4) is 0 Å². The largest absolute Gasteiger partial charge is 0.324 e. The van der Waals surface area contributed by atoms with Crippen molar-refractivity contribution in [2.45, 2.75) is 37.8 Å². The summed E-state index contributed by atoms with van der Waals surface area (Å²) >= 11 is 0. The SMILES string of the molecule is Cl.NC1(CNCc2ccc(C(F)F)cc2)CCC1. The lowest BCUT2D eigenvalue weighted by atomic mass is 9.78. The van der Waals surface area contributed by atoms with E-state index in [-0.39, 0.29) is 23.5 Å². The molecule has 0 heterocycles. The molecule has 5 heteroatoms. The summed E-state index contributed by atoms with van der Waals surface area (Å²) in [5.74, 6) is 0. The van der Waals surface area contributed by atoms with Crippen molar-refractivity contribution in [1.29, 1.82) is 0 Å². The van der Waals surface area contributed by atoms with E-state index < -0.39 is 6.43 Å². The van der Waals surface area contributed by atoms with Gasteiger partial charge in [-0.1, -0.05) is 24.3 Å². The zero-order valence-electron chi connectivity index (χ0n) is 10.2. The second kappa shape index (κ2) is 6.45. The monoisotopic (exact) mass is 276 g/mol. The predicted molar refractivity (Wildman–Crippen MR) is 71.1 cm³/mol. The van der Waals surface area contributed by atoms with Crippen molar-refractivity contribution in [1.82, 2.24) is 5.32 Å². The summed E-state index contributed by atoms with van der Waals surface area (Å²) in [5, 5.41) is 3.28. The van der Waals surface area contributed by atoms with E-state index in [4.69, 9.17) is 5.73 Å². The highest BCUT2D eigenvalue weighted by Gasteiger charge is 2.31. The zero-order valence-corrected chi connectivity index (χ0v) is 11.0. The van der Waals surface area contributed by atoms with E-state index in [0.29, 0.717) is 6.54 Å². The number of nitrogens with two attached hydrogens (primary N) is 1. The number of hydrogen-bond donors (Lipinski definition) is 2. The lowest BCUT2D eigenvalue weighted by Crippen LogP contribution is -2.53. The van der Waals surface area contributed by atoms with Crippen molar-refractivity contribution in [2.75, 3.05) is 6.54 Å². The van der Waals surface area contributed by atoms with Gasteiger partial charge < -0.3 is 11.1 Å². The molecule has 0 amide bonds. The number of alkyl halides is 2. The van der Waals surface area contributed by atoms with E-state index in [1.165, 1.54) is 18.6 Å². The fraction of sp³-hybridized carbons (Fsp3) is 0.538. The lowest BCUT2D eigenvalue weighted by molar-refractivity contribution is 0.151. The van der Waals surface area contributed by atoms with Crippen molar-refractivity contribution in [2.24, 2.45) is 5.73 Å². The van der Waals surface area contributed by atoms with Crippen molar-refractivity contribution in [3.8, 4) is 0 Å². The first-order chi connectivity index (χ1) is 8.09. The minimum atomic E-state index is -2.39. The average molecular weight is 277 g/mol. The Kier molecular flexibility index (Phi) is 5.50. The Morgan fingerprint density at radius 3 is 2.28 bits per heavy atom. The third kappa shape index (κ3) is 3.90. The van der Waals surface area contributed by atoms with Crippen LogP contribution in [0.25, 0.3) is 0 Å².